The van der Waals surface area contributed by atoms with Crippen LogP contribution in [-0.2, 0) is 0 Å². The summed E-state index contributed by atoms with van der Waals surface area (Å²) in [5.41, 5.74) is -2.95. The summed E-state index contributed by atoms with van der Waals surface area (Å²) in [7, 11) is 0. The highest BCUT2D eigenvalue weighted by molar-refractivity contribution is 8.00. The maximum absolute atomic E-state index is 12.6. The lowest BCUT2D eigenvalue weighted by molar-refractivity contribution is -0.0327. The average molecular weight is 332 g/mol. The molecule has 21 heavy (non-hydrogen) atoms. The quantitative estimate of drug-likeness (QED) is 0.677. The third-order valence-corrected chi connectivity index (χ3v) is 3.88. The molecule has 0 aliphatic rings. The van der Waals surface area contributed by atoms with Crippen molar-refractivity contribution in [3.63, 3.8) is 0 Å². The fourth-order valence-electron chi connectivity index (χ4n) is 1.89. The molecule has 1 nitrogen and oxygen atoms in total. The predicted octanol–water partition coefficient (Wildman–Crippen LogP) is 6.13. The lowest BCUT2D eigenvalue weighted by Gasteiger charge is -2.19. The van der Waals surface area contributed by atoms with Gasteiger partial charge >= 0.3 is 5.51 Å². The Kier molecular flexibility index (Phi) is 5.06. The first-order valence-corrected chi connectivity index (χ1v) is 7.41. The molecule has 112 valence electrons. The number of para-hydroxylation sites is 1. The van der Waals surface area contributed by atoms with Gasteiger partial charge in [-0.25, -0.2) is 0 Å². The average Bonchev–Trinajstić information content (AvgIpc) is 2.39. The highest BCUT2D eigenvalue weighted by Crippen LogP contribution is 2.41. The Balaban J connectivity index is 2.19. The van der Waals surface area contributed by atoms with Crippen LogP contribution in [0.2, 0.25) is 5.02 Å². The van der Waals surface area contributed by atoms with E-state index in [-0.39, 0.29) is 22.7 Å². The molecule has 0 aromatic heterocycles. The largest absolute Gasteiger partial charge is 0.446 e. The second-order valence-corrected chi connectivity index (χ2v) is 6.01. The van der Waals surface area contributed by atoms with Crippen molar-refractivity contribution in [3.05, 3.63) is 59.1 Å². The van der Waals surface area contributed by atoms with E-state index in [2.05, 4.69) is 5.32 Å². The van der Waals surface area contributed by atoms with E-state index in [4.69, 9.17) is 11.6 Å². The molecule has 1 unspecified atom stereocenters. The van der Waals surface area contributed by atoms with E-state index in [0.717, 1.165) is 5.56 Å². The Morgan fingerprint density at radius 1 is 1.10 bits per heavy atom. The monoisotopic (exact) mass is 331 g/mol. The minimum absolute atomic E-state index is 0.121. The fraction of sp³-hybridized carbons (Fsp3) is 0.200. The summed E-state index contributed by atoms with van der Waals surface area (Å²) in [6.07, 6.45) is 0. The van der Waals surface area contributed by atoms with Gasteiger partial charge in [0.15, 0.2) is 0 Å². The molecule has 0 amide bonds. The molecule has 0 radical (unpaired) electrons. The fourth-order valence-corrected chi connectivity index (χ4v) is 2.72. The number of halogens is 4. The second-order valence-electron chi connectivity index (χ2n) is 4.46. The van der Waals surface area contributed by atoms with Crippen LogP contribution in [0.1, 0.15) is 18.5 Å². The summed E-state index contributed by atoms with van der Waals surface area (Å²) >= 11 is 5.81. The van der Waals surface area contributed by atoms with E-state index < -0.39 is 5.51 Å². The first kappa shape index (κ1) is 16.0. The van der Waals surface area contributed by atoms with Crippen LogP contribution < -0.4 is 5.32 Å². The van der Waals surface area contributed by atoms with Crippen molar-refractivity contribution >= 4 is 29.1 Å². The molecule has 0 aliphatic carbocycles. The molecule has 0 bridgehead atoms. The summed E-state index contributed by atoms with van der Waals surface area (Å²) in [4.78, 5) is 0.152. The zero-order valence-corrected chi connectivity index (χ0v) is 12.7. The molecule has 0 fully saturated rings. The number of anilines is 1. The molecule has 0 saturated carbocycles. The van der Waals surface area contributed by atoms with Crippen molar-refractivity contribution in [1.29, 1.82) is 0 Å². The van der Waals surface area contributed by atoms with Crippen LogP contribution in [0.15, 0.2) is 53.4 Å². The first-order chi connectivity index (χ1) is 9.85. The zero-order valence-electron chi connectivity index (χ0n) is 11.1. The van der Waals surface area contributed by atoms with Gasteiger partial charge in [-0.3, -0.25) is 0 Å². The molecular weight excluding hydrogens is 319 g/mol. The van der Waals surface area contributed by atoms with Gasteiger partial charge in [0, 0.05) is 21.6 Å². The summed E-state index contributed by atoms with van der Waals surface area (Å²) in [6, 6.07) is 13.5. The summed E-state index contributed by atoms with van der Waals surface area (Å²) in [5.74, 6) is 0. The number of hydrogen-bond acceptors (Lipinski definition) is 2. The van der Waals surface area contributed by atoms with E-state index in [9.17, 15) is 13.2 Å². The van der Waals surface area contributed by atoms with Crippen LogP contribution in [0.5, 0.6) is 0 Å². The minimum atomic E-state index is -4.31. The molecule has 0 heterocycles. The second kappa shape index (κ2) is 6.62. The normalized spacial score (nSPS) is 13.0. The van der Waals surface area contributed by atoms with Crippen molar-refractivity contribution in [2.45, 2.75) is 23.4 Å². The smallest absolute Gasteiger partial charge is 0.378 e. The lowest BCUT2D eigenvalue weighted by Crippen LogP contribution is -2.08. The molecule has 2 rings (SSSR count). The van der Waals surface area contributed by atoms with E-state index >= 15 is 0 Å². The Labute approximate surface area is 130 Å². The molecule has 0 saturated heterocycles. The van der Waals surface area contributed by atoms with Crippen LogP contribution >= 0.6 is 23.4 Å². The highest BCUT2D eigenvalue weighted by atomic mass is 35.5. The number of alkyl halides is 3. The van der Waals surface area contributed by atoms with Gasteiger partial charge in [0.1, 0.15) is 0 Å². The molecule has 2 aromatic rings. The van der Waals surface area contributed by atoms with Gasteiger partial charge in [-0.2, -0.15) is 13.2 Å². The van der Waals surface area contributed by atoms with Crippen molar-refractivity contribution in [2.24, 2.45) is 0 Å². The van der Waals surface area contributed by atoms with Gasteiger partial charge in [0.25, 0.3) is 0 Å². The standard InChI is InChI=1S/C15H13ClF3NS/c1-10(11-5-4-6-12(16)9-11)20-13-7-2-3-8-14(13)21-15(17,18)19/h2-10,20H,1H3. The van der Waals surface area contributed by atoms with Crippen molar-refractivity contribution < 1.29 is 13.2 Å². The van der Waals surface area contributed by atoms with Crippen LogP contribution in [0, 0.1) is 0 Å². The van der Waals surface area contributed by atoms with Crippen LogP contribution in [0.4, 0.5) is 18.9 Å². The molecular formula is C15H13ClF3NS. The number of rotatable bonds is 4. The molecule has 6 heteroatoms. The maximum Gasteiger partial charge on any atom is 0.446 e. The highest BCUT2D eigenvalue weighted by Gasteiger charge is 2.30. The van der Waals surface area contributed by atoms with Gasteiger partial charge in [-0.15, -0.1) is 0 Å². The zero-order chi connectivity index (χ0) is 15.5. The number of benzene rings is 2. The third-order valence-electron chi connectivity index (χ3n) is 2.83. The Morgan fingerprint density at radius 3 is 2.48 bits per heavy atom. The third kappa shape index (κ3) is 4.86. The van der Waals surface area contributed by atoms with E-state index in [1.165, 1.54) is 6.07 Å². The Hall–Kier alpha value is -1.33. The van der Waals surface area contributed by atoms with Crippen molar-refractivity contribution in [3.8, 4) is 0 Å². The van der Waals surface area contributed by atoms with Crippen LogP contribution in [0.25, 0.3) is 0 Å². The number of thioether (sulfide) groups is 1. The summed E-state index contributed by atoms with van der Waals surface area (Å²) < 4.78 is 37.7. The van der Waals surface area contributed by atoms with E-state index in [0.29, 0.717) is 10.7 Å². The van der Waals surface area contributed by atoms with Gasteiger partial charge < -0.3 is 5.32 Å². The molecule has 0 spiro atoms. The Bertz CT molecular complexity index is 616. The number of hydrogen-bond donors (Lipinski definition) is 1. The van der Waals surface area contributed by atoms with E-state index in [1.54, 1.807) is 30.3 Å². The topological polar surface area (TPSA) is 12.0 Å². The van der Waals surface area contributed by atoms with Gasteiger partial charge in [-0.05, 0) is 48.5 Å². The first-order valence-electron chi connectivity index (χ1n) is 6.22. The molecule has 0 aliphatic heterocycles. The predicted molar refractivity (Wildman–Crippen MR) is 81.8 cm³/mol. The van der Waals surface area contributed by atoms with Gasteiger partial charge in [-0.1, -0.05) is 35.9 Å². The van der Waals surface area contributed by atoms with Crippen LogP contribution in [0.3, 0.4) is 0 Å². The van der Waals surface area contributed by atoms with Gasteiger partial charge in [0.2, 0.25) is 0 Å². The van der Waals surface area contributed by atoms with Gasteiger partial charge in [0.05, 0.1) is 0 Å². The van der Waals surface area contributed by atoms with E-state index in [1.807, 2.05) is 19.1 Å². The Morgan fingerprint density at radius 2 is 1.81 bits per heavy atom. The number of nitrogens with one attached hydrogen (secondary N) is 1. The molecule has 2 aromatic carbocycles. The van der Waals surface area contributed by atoms with Crippen molar-refractivity contribution in [1.82, 2.24) is 0 Å². The molecule has 1 atom stereocenters. The maximum atomic E-state index is 12.6. The SMILES string of the molecule is CC(Nc1ccccc1SC(F)(F)F)c1cccc(Cl)c1. The summed E-state index contributed by atoms with van der Waals surface area (Å²) in [6.45, 7) is 1.88. The van der Waals surface area contributed by atoms with Crippen LogP contribution in [-0.4, -0.2) is 5.51 Å². The summed E-state index contributed by atoms with van der Waals surface area (Å²) in [5, 5.41) is 3.69. The minimum Gasteiger partial charge on any atom is -0.378 e. The molecule has 1 N–H and O–H groups in total. The lowest BCUT2D eigenvalue weighted by atomic mass is 10.1. The van der Waals surface area contributed by atoms with Crippen molar-refractivity contribution in [2.75, 3.05) is 5.32 Å².